The molecule has 0 radical (unpaired) electrons. The van der Waals surface area contributed by atoms with Gasteiger partial charge in [0.25, 0.3) is 5.91 Å². The van der Waals surface area contributed by atoms with Crippen LogP contribution in [0.4, 0.5) is 0 Å². The maximum Gasteiger partial charge on any atom is 0.255 e. The highest BCUT2D eigenvalue weighted by atomic mass is 32.1. The average molecular weight is 471 g/mol. The van der Waals surface area contributed by atoms with Crippen molar-refractivity contribution in [2.45, 2.75) is 26.3 Å². The van der Waals surface area contributed by atoms with Gasteiger partial charge in [0.15, 0.2) is 0 Å². The number of aromatic nitrogens is 2. The zero-order valence-corrected chi connectivity index (χ0v) is 19.8. The fourth-order valence-corrected chi connectivity index (χ4v) is 5.15. The Morgan fingerprint density at radius 3 is 2.76 bits per heavy atom. The lowest BCUT2D eigenvalue weighted by Gasteiger charge is -2.27. The first-order valence-electron chi connectivity index (χ1n) is 11.4. The minimum absolute atomic E-state index is 0.0658. The number of carbonyl (C=O) groups excluding carboxylic acids is 2. The van der Waals surface area contributed by atoms with Crippen molar-refractivity contribution in [1.29, 1.82) is 0 Å². The number of para-hydroxylation sites is 1. The molecular weight excluding hydrogens is 444 g/mol. The van der Waals surface area contributed by atoms with E-state index in [1.54, 1.807) is 22.2 Å². The van der Waals surface area contributed by atoms with E-state index in [1.807, 2.05) is 66.4 Å². The molecule has 4 aromatic rings. The summed E-state index contributed by atoms with van der Waals surface area (Å²) in [6, 6.07) is 19.8. The van der Waals surface area contributed by atoms with E-state index < -0.39 is 0 Å². The van der Waals surface area contributed by atoms with Crippen molar-refractivity contribution in [1.82, 2.24) is 20.0 Å². The molecule has 0 unspecified atom stereocenters. The first-order chi connectivity index (χ1) is 16.6. The smallest absolute Gasteiger partial charge is 0.255 e. The van der Waals surface area contributed by atoms with Crippen LogP contribution in [0.1, 0.15) is 32.8 Å². The van der Waals surface area contributed by atoms with Crippen LogP contribution in [-0.4, -0.2) is 39.6 Å². The highest BCUT2D eigenvalue weighted by molar-refractivity contribution is 7.10. The topological polar surface area (TPSA) is 67.2 Å². The molecule has 0 saturated carbocycles. The Hall–Kier alpha value is -3.71. The SMILES string of the molecule is Cc1cccc(-c2nn(-c3ccccc3)cc2C(=O)NCCC(=O)N2CCc3sccc3C2)c1. The first kappa shape index (κ1) is 22.1. The molecule has 2 aromatic carbocycles. The number of thiophene rings is 1. The molecule has 0 bridgehead atoms. The normalized spacial score (nSPS) is 12.9. The number of aryl methyl sites for hydroxylation is 1. The van der Waals surface area contributed by atoms with Crippen LogP contribution in [0.3, 0.4) is 0 Å². The number of fused-ring (bicyclic) bond motifs is 1. The molecule has 2 aromatic heterocycles. The van der Waals surface area contributed by atoms with Gasteiger partial charge in [0.1, 0.15) is 5.69 Å². The quantitative estimate of drug-likeness (QED) is 0.447. The summed E-state index contributed by atoms with van der Waals surface area (Å²) in [5.41, 5.74) is 5.21. The molecule has 1 aliphatic rings. The fraction of sp³-hybridized carbons (Fsp3) is 0.222. The molecule has 172 valence electrons. The van der Waals surface area contributed by atoms with Gasteiger partial charge < -0.3 is 10.2 Å². The minimum atomic E-state index is -0.231. The molecule has 34 heavy (non-hydrogen) atoms. The largest absolute Gasteiger partial charge is 0.351 e. The molecule has 6 nitrogen and oxygen atoms in total. The molecule has 3 heterocycles. The van der Waals surface area contributed by atoms with Crippen molar-refractivity contribution in [3.8, 4) is 16.9 Å². The number of benzene rings is 2. The molecule has 0 spiro atoms. The van der Waals surface area contributed by atoms with Gasteiger partial charge in [-0.2, -0.15) is 5.10 Å². The van der Waals surface area contributed by atoms with Gasteiger partial charge >= 0.3 is 0 Å². The number of nitrogens with one attached hydrogen (secondary N) is 1. The third-order valence-corrected chi connectivity index (χ3v) is 7.08. The summed E-state index contributed by atoms with van der Waals surface area (Å²) in [4.78, 5) is 29.1. The van der Waals surface area contributed by atoms with Crippen LogP contribution in [0.25, 0.3) is 16.9 Å². The van der Waals surface area contributed by atoms with E-state index in [2.05, 4.69) is 16.8 Å². The Bertz CT molecular complexity index is 1330. The van der Waals surface area contributed by atoms with Crippen molar-refractivity contribution >= 4 is 23.2 Å². The standard InChI is InChI=1S/C27H26N4O2S/c1-19-6-5-7-20(16-19)26-23(18-31(29-26)22-8-3-2-4-9-22)27(33)28-13-10-25(32)30-14-11-24-21(17-30)12-15-34-24/h2-9,12,15-16,18H,10-11,13-14,17H2,1H3,(H,28,33). The number of rotatable bonds is 6. The van der Waals surface area contributed by atoms with E-state index in [4.69, 9.17) is 5.10 Å². The zero-order chi connectivity index (χ0) is 23.5. The van der Waals surface area contributed by atoms with Crippen molar-refractivity contribution in [3.63, 3.8) is 0 Å². The lowest BCUT2D eigenvalue weighted by Crippen LogP contribution is -2.37. The van der Waals surface area contributed by atoms with Gasteiger partial charge in [-0.3, -0.25) is 9.59 Å². The number of carbonyl (C=O) groups is 2. The molecule has 2 amide bonds. The predicted octanol–water partition coefficient (Wildman–Crippen LogP) is 4.61. The molecular formula is C27H26N4O2S. The Morgan fingerprint density at radius 1 is 1.09 bits per heavy atom. The van der Waals surface area contributed by atoms with Gasteiger partial charge in [-0.05, 0) is 48.6 Å². The number of amides is 2. The average Bonchev–Trinajstić information content (AvgIpc) is 3.51. The number of hydrogen-bond donors (Lipinski definition) is 1. The van der Waals surface area contributed by atoms with Crippen molar-refractivity contribution in [2.24, 2.45) is 0 Å². The summed E-state index contributed by atoms with van der Waals surface area (Å²) in [6.07, 6.45) is 2.94. The van der Waals surface area contributed by atoms with Crippen molar-refractivity contribution in [2.75, 3.05) is 13.1 Å². The second kappa shape index (κ2) is 9.65. The first-order valence-corrected chi connectivity index (χ1v) is 12.3. The molecule has 1 aliphatic heterocycles. The van der Waals surface area contributed by atoms with Crippen LogP contribution in [0, 0.1) is 6.92 Å². The Morgan fingerprint density at radius 2 is 1.94 bits per heavy atom. The van der Waals surface area contributed by atoms with Gasteiger partial charge in [0.05, 0.1) is 11.3 Å². The highest BCUT2D eigenvalue weighted by Gasteiger charge is 2.22. The van der Waals surface area contributed by atoms with Gasteiger partial charge in [0, 0.05) is 42.7 Å². The summed E-state index contributed by atoms with van der Waals surface area (Å²) < 4.78 is 1.73. The summed E-state index contributed by atoms with van der Waals surface area (Å²) in [5.74, 6) is -0.165. The van der Waals surface area contributed by atoms with E-state index >= 15 is 0 Å². The Labute approximate surface area is 202 Å². The maximum absolute atomic E-state index is 13.2. The second-order valence-corrected chi connectivity index (χ2v) is 9.48. The van der Waals surface area contributed by atoms with Gasteiger partial charge in [-0.1, -0.05) is 42.0 Å². The van der Waals surface area contributed by atoms with Gasteiger partial charge in [-0.15, -0.1) is 11.3 Å². The number of nitrogens with zero attached hydrogens (tertiary/aromatic N) is 3. The number of hydrogen-bond acceptors (Lipinski definition) is 4. The van der Waals surface area contributed by atoms with Crippen LogP contribution < -0.4 is 5.32 Å². The van der Waals surface area contributed by atoms with E-state index in [0.717, 1.165) is 29.8 Å². The van der Waals surface area contributed by atoms with Crippen molar-refractivity contribution < 1.29 is 9.59 Å². The molecule has 0 fully saturated rings. The lowest BCUT2D eigenvalue weighted by atomic mass is 10.1. The van der Waals surface area contributed by atoms with Gasteiger partial charge in [-0.25, -0.2) is 4.68 Å². The molecule has 0 atom stereocenters. The summed E-state index contributed by atoms with van der Waals surface area (Å²) in [6.45, 7) is 3.70. The zero-order valence-electron chi connectivity index (χ0n) is 19.0. The van der Waals surface area contributed by atoms with Crippen molar-refractivity contribution in [3.05, 3.63) is 93.8 Å². The molecule has 0 aliphatic carbocycles. The Balaban J connectivity index is 1.30. The van der Waals surface area contributed by atoms with Crippen LogP contribution >= 0.6 is 11.3 Å². The predicted molar refractivity (Wildman–Crippen MR) is 134 cm³/mol. The van der Waals surface area contributed by atoms with Crippen LogP contribution in [0.2, 0.25) is 0 Å². The molecule has 5 rings (SSSR count). The second-order valence-electron chi connectivity index (χ2n) is 8.48. The minimum Gasteiger partial charge on any atom is -0.351 e. The third-order valence-electron chi connectivity index (χ3n) is 6.06. The molecule has 7 heteroatoms. The summed E-state index contributed by atoms with van der Waals surface area (Å²) in [7, 11) is 0. The van der Waals surface area contributed by atoms with Crippen LogP contribution in [0.15, 0.2) is 72.2 Å². The van der Waals surface area contributed by atoms with Gasteiger partial charge in [0.2, 0.25) is 5.91 Å². The molecule has 1 N–H and O–H groups in total. The van der Waals surface area contributed by atoms with E-state index in [1.165, 1.54) is 10.4 Å². The maximum atomic E-state index is 13.2. The molecule has 0 saturated heterocycles. The summed E-state index contributed by atoms with van der Waals surface area (Å²) in [5, 5.41) is 9.75. The Kier molecular flexibility index (Phi) is 6.27. The van der Waals surface area contributed by atoms with E-state index in [-0.39, 0.29) is 24.8 Å². The lowest BCUT2D eigenvalue weighted by molar-refractivity contribution is -0.131. The van der Waals surface area contributed by atoms with Crippen LogP contribution in [-0.2, 0) is 17.8 Å². The highest BCUT2D eigenvalue weighted by Crippen LogP contribution is 2.26. The fourth-order valence-electron chi connectivity index (χ4n) is 4.26. The third kappa shape index (κ3) is 4.65. The van der Waals surface area contributed by atoms with E-state index in [9.17, 15) is 9.59 Å². The monoisotopic (exact) mass is 470 g/mol. The van der Waals surface area contributed by atoms with E-state index in [0.29, 0.717) is 17.8 Å². The summed E-state index contributed by atoms with van der Waals surface area (Å²) >= 11 is 1.76. The van der Waals surface area contributed by atoms with Crippen LogP contribution in [0.5, 0.6) is 0 Å².